The summed E-state index contributed by atoms with van der Waals surface area (Å²) >= 11 is 0. The van der Waals surface area contributed by atoms with Crippen molar-refractivity contribution >= 4 is 27.3 Å². The van der Waals surface area contributed by atoms with E-state index in [0.717, 1.165) is 12.3 Å². The molecule has 9 nitrogen and oxygen atoms in total. The second kappa shape index (κ2) is 8.98. The highest BCUT2D eigenvalue weighted by molar-refractivity contribution is 7.90. The first kappa shape index (κ1) is 22.6. The summed E-state index contributed by atoms with van der Waals surface area (Å²) in [5.74, 6) is -3.56. The lowest BCUT2D eigenvalue weighted by Gasteiger charge is -2.17. The highest BCUT2D eigenvalue weighted by Crippen LogP contribution is 2.32. The first-order valence-corrected chi connectivity index (χ1v) is 11.6. The van der Waals surface area contributed by atoms with E-state index >= 15 is 0 Å². The molecule has 0 bridgehead atoms. The Kier molecular flexibility index (Phi) is 6.56. The number of rotatable bonds is 7. The Bertz CT molecular complexity index is 1160. The Morgan fingerprint density at radius 3 is 2.58 bits per heavy atom. The normalized spacial score (nSPS) is 21.0. The predicted octanol–water partition coefficient (Wildman–Crippen LogP) is 0.387. The van der Waals surface area contributed by atoms with Gasteiger partial charge in [0.25, 0.3) is 5.56 Å². The summed E-state index contributed by atoms with van der Waals surface area (Å²) in [5.41, 5.74) is 5.32. The molecule has 1 aliphatic carbocycles. The Labute approximate surface area is 178 Å². The lowest BCUT2D eigenvalue weighted by Crippen LogP contribution is -2.41. The molecule has 2 aromatic rings. The van der Waals surface area contributed by atoms with E-state index in [1.165, 1.54) is 29.0 Å². The molecule has 1 saturated carbocycles. The van der Waals surface area contributed by atoms with Crippen LogP contribution < -0.4 is 21.9 Å². The number of nitrogens with two attached hydrogens (primary N) is 1. The van der Waals surface area contributed by atoms with E-state index in [-0.39, 0.29) is 30.0 Å². The van der Waals surface area contributed by atoms with E-state index in [2.05, 4.69) is 10.6 Å². The maximum atomic E-state index is 14.6. The van der Waals surface area contributed by atoms with Gasteiger partial charge in [0.15, 0.2) is 9.84 Å². The summed E-state index contributed by atoms with van der Waals surface area (Å²) in [6.07, 6.45) is 2.87. The standard InChI is InChI=1S/C20H23FN4O5S/c1-31(29,30)11-23-17-9-12(8-14(17)19(22)27)20(28)24-16-6-5-13(10-15(16)21)25-7-3-2-4-18(25)26/h2-7,10,12,14,17,23H,8-9,11H2,1H3,(H2,22,27)(H,24,28)/t12?,14?,17-/m0/s1. The van der Waals surface area contributed by atoms with Crippen molar-refractivity contribution in [2.24, 2.45) is 17.6 Å². The van der Waals surface area contributed by atoms with Crippen LogP contribution in [0, 0.1) is 17.7 Å². The number of carbonyl (C=O) groups excluding carboxylic acids is 2. The number of pyridine rings is 1. The molecule has 31 heavy (non-hydrogen) atoms. The second-order valence-corrected chi connectivity index (χ2v) is 9.76. The van der Waals surface area contributed by atoms with Crippen molar-refractivity contribution in [1.29, 1.82) is 0 Å². The van der Waals surface area contributed by atoms with E-state index < -0.39 is 45.3 Å². The van der Waals surface area contributed by atoms with Crippen molar-refractivity contribution in [3.63, 3.8) is 0 Å². The molecule has 1 aliphatic rings. The summed E-state index contributed by atoms with van der Waals surface area (Å²) in [7, 11) is -3.32. The van der Waals surface area contributed by atoms with Gasteiger partial charge in [-0.15, -0.1) is 0 Å². The average molecular weight is 450 g/mol. The van der Waals surface area contributed by atoms with Gasteiger partial charge in [-0.3, -0.25) is 19.0 Å². The summed E-state index contributed by atoms with van der Waals surface area (Å²) in [6.45, 7) is 0. The molecule has 3 rings (SSSR count). The number of anilines is 1. The number of benzene rings is 1. The van der Waals surface area contributed by atoms with Gasteiger partial charge in [0.2, 0.25) is 11.8 Å². The predicted molar refractivity (Wildman–Crippen MR) is 113 cm³/mol. The van der Waals surface area contributed by atoms with Gasteiger partial charge < -0.3 is 16.4 Å². The van der Waals surface area contributed by atoms with E-state index in [4.69, 9.17) is 5.73 Å². The third-order valence-corrected chi connectivity index (χ3v) is 5.91. The van der Waals surface area contributed by atoms with Crippen LogP contribution in [0.15, 0.2) is 47.4 Å². The van der Waals surface area contributed by atoms with Crippen molar-refractivity contribution in [3.05, 3.63) is 58.8 Å². The minimum Gasteiger partial charge on any atom is -0.369 e. The minimum atomic E-state index is -3.32. The molecule has 1 aromatic carbocycles. The van der Waals surface area contributed by atoms with Crippen LogP contribution in [0.1, 0.15) is 12.8 Å². The number of hydrogen-bond donors (Lipinski definition) is 3. The Morgan fingerprint density at radius 1 is 1.23 bits per heavy atom. The highest BCUT2D eigenvalue weighted by atomic mass is 32.2. The van der Waals surface area contributed by atoms with Gasteiger partial charge in [0.05, 0.1) is 23.2 Å². The maximum absolute atomic E-state index is 14.6. The van der Waals surface area contributed by atoms with Crippen molar-refractivity contribution in [1.82, 2.24) is 9.88 Å². The lowest BCUT2D eigenvalue weighted by molar-refractivity contribution is -0.122. The van der Waals surface area contributed by atoms with E-state index in [1.54, 1.807) is 12.1 Å². The Balaban J connectivity index is 1.71. The van der Waals surface area contributed by atoms with Crippen molar-refractivity contribution in [2.45, 2.75) is 18.9 Å². The zero-order valence-corrected chi connectivity index (χ0v) is 17.6. The number of sulfone groups is 1. The average Bonchev–Trinajstić information content (AvgIpc) is 3.13. The molecule has 1 fully saturated rings. The van der Waals surface area contributed by atoms with Crippen LogP contribution in [-0.2, 0) is 19.4 Å². The zero-order valence-electron chi connectivity index (χ0n) is 16.7. The summed E-state index contributed by atoms with van der Waals surface area (Å²) in [4.78, 5) is 36.3. The quantitative estimate of drug-likeness (QED) is 0.557. The third-order valence-electron chi connectivity index (χ3n) is 5.22. The summed E-state index contributed by atoms with van der Waals surface area (Å²) < 4.78 is 38.6. The van der Waals surface area contributed by atoms with Crippen LogP contribution in [0.5, 0.6) is 0 Å². The molecule has 0 saturated heterocycles. The fourth-order valence-corrected chi connectivity index (χ4v) is 4.20. The number of carbonyl (C=O) groups is 2. The molecular formula is C20H23FN4O5S. The van der Waals surface area contributed by atoms with Crippen molar-refractivity contribution < 1.29 is 22.4 Å². The van der Waals surface area contributed by atoms with Crippen LogP contribution in [0.2, 0.25) is 0 Å². The highest BCUT2D eigenvalue weighted by Gasteiger charge is 2.41. The minimum absolute atomic E-state index is 0.0686. The number of nitrogens with one attached hydrogen (secondary N) is 2. The molecule has 1 aromatic heterocycles. The number of primary amides is 1. The molecule has 166 valence electrons. The van der Waals surface area contributed by atoms with E-state index in [1.807, 2.05) is 0 Å². The van der Waals surface area contributed by atoms with Crippen LogP contribution in [-0.4, -0.2) is 43.0 Å². The first-order chi connectivity index (χ1) is 14.5. The molecule has 2 amide bonds. The monoisotopic (exact) mass is 450 g/mol. The number of nitrogens with zero attached hydrogens (tertiary/aromatic N) is 1. The van der Waals surface area contributed by atoms with E-state index in [9.17, 15) is 27.2 Å². The molecule has 11 heteroatoms. The van der Waals surface area contributed by atoms with Gasteiger partial charge in [-0.25, -0.2) is 12.8 Å². The molecule has 0 radical (unpaired) electrons. The van der Waals surface area contributed by atoms with Gasteiger partial charge in [-0.2, -0.15) is 0 Å². The van der Waals surface area contributed by atoms with Gasteiger partial charge in [-0.05, 0) is 31.0 Å². The van der Waals surface area contributed by atoms with Crippen LogP contribution in [0.3, 0.4) is 0 Å². The summed E-state index contributed by atoms with van der Waals surface area (Å²) in [6, 6.07) is 7.96. The molecule has 1 heterocycles. The lowest BCUT2D eigenvalue weighted by atomic mass is 10.0. The Morgan fingerprint density at radius 2 is 1.97 bits per heavy atom. The van der Waals surface area contributed by atoms with E-state index in [0.29, 0.717) is 5.69 Å². The number of halogens is 1. The molecular weight excluding hydrogens is 427 g/mol. The molecule has 2 unspecified atom stereocenters. The van der Waals surface area contributed by atoms with Gasteiger partial charge in [0.1, 0.15) is 5.82 Å². The number of aromatic nitrogens is 1. The maximum Gasteiger partial charge on any atom is 0.255 e. The van der Waals surface area contributed by atoms with Crippen molar-refractivity contribution in [2.75, 3.05) is 17.4 Å². The topological polar surface area (TPSA) is 140 Å². The number of amides is 2. The second-order valence-electron chi connectivity index (χ2n) is 7.62. The third kappa shape index (κ3) is 5.56. The molecule has 4 N–H and O–H groups in total. The molecule has 0 aliphatic heterocycles. The molecule has 0 spiro atoms. The van der Waals surface area contributed by atoms with Crippen LogP contribution in [0.4, 0.5) is 10.1 Å². The fraction of sp³-hybridized carbons (Fsp3) is 0.350. The largest absolute Gasteiger partial charge is 0.369 e. The van der Waals surface area contributed by atoms with Gasteiger partial charge >= 0.3 is 0 Å². The first-order valence-electron chi connectivity index (χ1n) is 9.54. The number of hydrogen-bond acceptors (Lipinski definition) is 6. The Hall–Kier alpha value is -3.05. The zero-order chi connectivity index (χ0) is 22.8. The SMILES string of the molecule is CS(=O)(=O)CN[C@H]1CC(C(=O)Nc2ccc(-n3ccccc3=O)cc2F)CC1C(N)=O. The summed E-state index contributed by atoms with van der Waals surface area (Å²) in [5, 5.41) is 5.27. The van der Waals surface area contributed by atoms with Gasteiger partial charge in [0, 0.05) is 36.5 Å². The van der Waals surface area contributed by atoms with Crippen LogP contribution in [0.25, 0.3) is 5.69 Å². The van der Waals surface area contributed by atoms with Crippen LogP contribution >= 0.6 is 0 Å². The van der Waals surface area contributed by atoms with Crippen molar-refractivity contribution in [3.8, 4) is 5.69 Å². The van der Waals surface area contributed by atoms with Gasteiger partial charge in [-0.1, -0.05) is 6.07 Å². The fourth-order valence-electron chi connectivity index (χ4n) is 3.68. The smallest absolute Gasteiger partial charge is 0.255 e. The molecule has 3 atom stereocenters.